The summed E-state index contributed by atoms with van der Waals surface area (Å²) in [5.74, 6) is 11.8. The predicted molar refractivity (Wildman–Crippen MR) is 327 cm³/mol. The average Bonchev–Trinajstić information content (AvgIpc) is 1.97. The molecule has 16 aliphatic rings. The van der Waals surface area contributed by atoms with Crippen molar-refractivity contribution >= 4 is 29.8 Å². The molecule has 10 heteroatoms. The van der Waals surface area contributed by atoms with E-state index >= 15 is 0 Å². The monoisotopic (exact) mass is 1160 g/mol. The summed E-state index contributed by atoms with van der Waals surface area (Å²) >= 11 is 0. The molecule has 0 amide bonds. The number of rotatable bonds is 16. The van der Waals surface area contributed by atoms with Crippen molar-refractivity contribution in [3.63, 3.8) is 0 Å². The van der Waals surface area contributed by atoms with Gasteiger partial charge in [0.15, 0.2) is 6.61 Å². The van der Waals surface area contributed by atoms with Crippen LogP contribution in [0.4, 0.5) is 0 Å². The standard InChI is InChI=1S/C19H30O4.C19H32O2.C18H30O2.C17H28O2/c1-5-18(2,3)17(21)22-11-16(20)23-19(4)14-7-12-6-13(9-14)10-15(19)8-12;1-6-18(4,5)17(20)21-19(12(2)3)15-8-13-7-14(10-15)11-16(19)9-13;1-5-17(3,4)16(19)20-18(6-2)14-8-12-7-13(10-14)11-15(18)9-12;1-5-16(2,3)15(18)19-17(4)13-7-11-6-12(9-13)10-14(17)8-11/h12-15H,5-11H2,1-4H3;12-16H,6-11H2,1-5H3;12-15H,5-11H2,1-4H3;11-14H,5-10H2,1-4H3. The highest BCUT2D eigenvalue weighted by Crippen LogP contribution is 2.65. The molecule has 0 N–H and O–H groups in total. The Kier molecular flexibility index (Phi) is 18.8. The summed E-state index contributed by atoms with van der Waals surface area (Å²) in [5.41, 5.74) is -2.39. The van der Waals surface area contributed by atoms with Crippen LogP contribution in [0.25, 0.3) is 0 Å². The maximum absolute atomic E-state index is 12.8. The lowest BCUT2D eigenvalue weighted by molar-refractivity contribution is -0.231. The normalized spacial score (nSPS) is 41.7. The molecule has 0 aromatic rings. The lowest BCUT2D eigenvalue weighted by atomic mass is 9.47. The average molecular weight is 1160 g/mol. The van der Waals surface area contributed by atoms with Crippen LogP contribution >= 0.6 is 0 Å². The molecule has 0 atom stereocenters. The summed E-state index contributed by atoms with van der Waals surface area (Å²) in [5, 5.41) is 0. The van der Waals surface area contributed by atoms with E-state index in [9.17, 15) is 24.0 Å². The lowest BCUT2D eigenvalue weighted by Gasteiger charge is -2.62. The SMILES string of the molecule is CCC(C)(C)C(=O)OC1(C(C)C)C2CC3CC(C2)CC1C3.CCC(C)(C)C(=O)OC1(C)C2CC3CC(C2)CC1C3.CCC(C)(C)C(=O)OC1(CC)C2CC3CC(C2)CC1C3.CCC(C)(C)C(=O)OCC(=O)OC1(C)C2CC3CC(C2)CC1C3. The van der Waals surface area contributed by atoms with Gasteiger partial charge in [-0.15, -0.1) is 0 Å². The topological polar surface area (TPSA) is 132 Å². The van der Waals surface area contributed by atoms with Crippen molar-refractivity contribution < 1.29 is 47.7 Å². The Bertz CT molecular complexity index is 2220. The third kappa shape index (κ3) is 12.4. The van der Waals surface area contributed by atoms with E-state index in [0.717, 1.165) is 73.0 Å². The van der Waals surface area contributed by atoms with E-state index in [1.165, 1.54) is 128 Å². The van der Waals surface area contributed by atoms with Gasteiger partial charge in [-0.3, -0.25) is 19.2 Å². The van der Waals surface area contributed by atoms with Crippen molar-refractivity contribution in [3.05, 3.63) is 0 Å². The van der Waals surface area contributed by atoms with Crippen molar-refractivity contribution in [1.82, 2.24) is 0 Å². The maximum atomic E-state index is 12.8. The predicted octanol–water partition coefficient (Wildman–Crippen LogP) is 17.3. The van der Waals surface area contributed by atoms with E-state index in [1.54, 1.807) is 0 Å². The highest BCUT2D eigenvalue weighted by Gasteiger charge is 2.63. The molecule has 472 valence electrons. The lowest BCUT2D eigenvalue weighted by Crippen LogP contribution is -2.63. The molecule has 16 bridgehead atoms. The first-order chi connectivity index (χ1) is 38.8. The summed E-state index contributed by atoms with van der Waals surface area (Å²) in [6.07, 6.45) is 30.3. The van der Waals surface area contributed by atoms with Crippen LogP contribution < -0.4 is 0 Å². The molecule has 0 unspecified atom stereocenters. The summed E-state index contributed by atoms with van der Waals surface area (Å²) < 4.78 is 29.9. The third-order valence-corrected chi connectivity index (χ3v) is 27.2. The third-order valence-electron chi connectivity index (χ3n) is 27.2. The Morgan fingerprint density at radius 3 is 0.928 bits per heavy atom. The van der Waals surface area contributed by atoms with Crippen LogP contribution in [0.15, 0.2) is 0 Å². The second kappa shape index (κ2) is 24.0. The van der Waals surface area contributed by atoms with E-state index in [2.05, 4.69) is 55.4 Å². The molecule has 16 aliphatic carbocycles. The van der Waals surface area contributed by atoms with Gasteiger partial charge in [0.1, 0.15) is 22.4 Å². The minimum Gasteiger partial charge on any atom is -0.458 e. The van der Waals surface area contributed by atoms with E-state index < -0.39 is 5.41 Å². The molecular weight excluding hydrogens is 1040 g/mol. The van der Waals surface area contributed by atoms with Gasteiger partial charge in [0.2, 0.25) is 0 Å². The van der Waals surface area contributed by atoms with Crippen LogP contribution in [-0.4, -0.2) is 58.9 Å². The molecule has 0 radical (unpaired) electrons. The molecule has 16 rings (SSSR count). The first kappa shape index (κ1) is 64.8. The molecule has 10 nitrogen and oxygen atoms in total. The molecule has 0 saturated heterocycles. The Balaban J connectivity index is 0.000000133. The van der Waals surface area contributed by atoms with E-state index in [0.29, 0.717) is 59.7 Å². The number of carbonyl (C=O) groups excluding carboxylic acids is 5. The quantitative estimate of drug-likeness (QED) is 0.109. The van der Waals surface area contributed by atoms with Gasteiger partial charge in [0.25, 0.3) is 0 Å². The van der Waals surface area contributed by atoms with Gasteiger partial charge in [-0.05, 0) is 330 Å². The summed E-state index contributed by atoms with van der Waals surface area (Å²) in [7, 11) is 0. The van der Waals surface area contributed by atoms with Gasteiger partial charge >= 0.3 is 29.8 Å². The second-order valence-corrected chi connectivity index (χ2v) is 34.1. The van der Waals surface area contributed by atoms with E-state index in [-0.39, 0.29) is 75.1 Å². The smallest absolute Gasteiger partial charge is 0.344 e. The molecule has 0 aromatic heterocycles. The van der Waals surface area contributed by atoms with Gasteiger partial charge in [-0.25, -0.2) is 4.79 Å². The highest BCUT2D eigenvalue weighted by molar-refractivity contribution is 5.80. The second-order valence-electron chi connectivity index (χ2n) is 34.1. The first-order valence-corrected chi connectivity index (χ1v) is 34.9. The van der Waals surface area contributed by atoms with Crippen LogP contribution in [0.5, 0.6) is 0 Å². The highest BCUT2D eigenvalue weighted by atomic mass is 16.6. The minimum absolute atomic E-state index is 0.0185. The number of ether oxygens (including phenoxy) is 5. The van der Waals surface area contributed by atoms with Crippen LogP contribution in [0.1, 0.15) is 278 Å². The minimum atomic E-state index is -0.549. The van der Waals surface area contributed by atoms with Gasteiger partial charge in [0.05, 0.1) is 21.7 Å². The summed E-state index contributed by atoms with van der Waals surface area (Å²) in [4.78, 5) is 62.1. The largest absolute Gasteiger partial charge is 0.458 e. The molecule has 83 heavy (non-hydrogen) atoms. The molecule has 0 aromatic carbocycles. The van der Waals surface area contributed by atoms with Gasteiger partial charge < -0.3 is 23.7 Å². The summed E-state index contributed by atoms with van der Waals surface area (Å²) in [6, 6.07) is 0. The maximum Gasteiger partial charge on any atom is 0.344 e. The number of hydrogen-bond acceptors (Lipinski definition) is 10. The van der Waals surface area contributed by atoms with Crippen LogP contribution in [0.3, 0.4) is 0 Å². The molecule has 0 spiro atoms. The fourth-order valence-corrected chi connectivity index (χ4v) is 20.6. The van der Waals surface area contributed by atoms with Crippen molar-refractivity contribution in [2.75, 3.05) is 6.61 Å². The summed E-state index contributed by atoms with van der Waals surface area (Å²) in [6.45, 7) is 34.8. The molecular formula is C73H120O10. The Hall–Kier alpha value is -2.65. The van der Waals surface area contributed by atoms with Crippen molar-refractivity contribution in [1.29, 1.82) is 0 Å². The van der Waals surface area contributed by atoms with Crippen LogP contribution in [0, 0.1) is 122 Å². The number of carbonyl (C=O) groups is 5. The van der Waals surface area contributed by atoms with Gasteiger partial charge in [0, 0.05) is 0 Å². The van der Waals surface area contributed by atoms with Gasteiger partial charge in [-0.1, -0.05) is 48.5 Å². The van der Waals surface area contributed by atoms with E-state index in [1.807, 2.05) is 62.3 Å². The van der Waals surface area contributed by atoms with Crippen LogP contribution in [-0.2, 0) is 47.7 Å². The van der Waals surface area contributed by atoms with E-state index in [4.69, 9.17) is 23.7 Å². The molecule has 16 saturated carbocycles. The Morgan fingerprint density at radius 2 is 0.627 bits per heavy atom. The fourth-order valence-electron chi connectivity index (χ4n) is 20.6. The molecule has 0 heterocycles. The van der Waals surface area contributed by atoms with Crippen molar-refractivity contribution in [2.24, 2.45) is 122 Å². The van der Waals surface area contributed by atoms with Crippen LogP contribution in [0.2, 0.25) is 0 Å². The first-order valence-electron chi connectivity index (χ1n) is 34.9. The number of esters is 5. The zero-order chi connectivity index (χ0) is 60.6. The zero-order valence-electron chi connectivity index (χ0n) is 55.8. The Labute approximate surface area is 504 Å². The number of hydrogen-bond donors (Lipinski definition) is 0. The molecule has 0 aliphatic heterocycles. The van der Waals surface area contributed by atoms with Gasteiger partial charge in [-0.2, -0.15) is 0 Å². The Morgan fingerprint density at radius 1 is 0.361 bits per heavy atom. The zero-order valence-corrected chi connectivity index (χ0v) is 55.8. The van der Waals surface area contributed by atoms with Crippen molar-refractivity contribution in [2.45, 2.75) is 301 Å². The van der Waals surface area contributed by atoms with Crippen molar-refractivity contribution in [3.8, 4) is 0 Å². The fraction of sp³-hybridized carbons (Fsp3) is 0.932. The molecule has 16 fully saturated rings.